The molecule has 5 heteroatoms. The van der Waals surface area contributed by atoms with Gasteiger partial charge >= 0.3 is 0 Å². The van der Waals surface area contributed by atoms with Gasteiger partial charge in [0.15, 0.2) is 0 Å². The van der Waals surface area contributed by atoms with Gasteiger partial charge in [-0.05, 0) is 44.4 Å². The predicted octanol–water partition coefficient (Wildman–Crippen LogP) is 2.30. The van der Waals surface area contributed by atoms with Gasteiger partial charge in [0.2, 0.25) is 0 Å². The van der Waals surface area contributed by atoms with Crippen molar-refractivity contribution in [2.24, 2.45) is 5.73 Å². The summed E-state index contributed by atoms with van der Waals surface area (Å²) >= 11 is 1.66. The summed E-state index contributed by atoms with van der Waals surface area (Å²) in [6.45, 7) is 4.23. The number of amides is 1. The lowest BCUT2D eigenvalue weighted by molar-refractivity contribution is 0.0946. The number of nitrogens with two attached hydrogens (primary N) is 1. The number of benzene rings is 1. The largest absolute Gasteiger partial charge is 0.350 e. The Morgan fingerprint density at radius 3 is 2.29 bits per heavy atom. The Kier molecular flexibility index (Phi) is 6.60. The molecule has 0 saturated heterocycles. The molecule has 0 spiro atoms. The number of rotatable bonds is 4. The highest BCUT2D eigenvalue weighted by Crippen LogP contribution is 2.14. The molecule has 0 aromatic heterocycles. The van der Waals surface area contributed by atoms with Gasteiger partial charge < -0.3 is 11.1 Å². The molecule has 1 rings (SSSR count). The van der Waals surface area contributed by atoms with Crippen molar-refractivity contribution in [2.45, 2.75) is 24.3 Å². The average Bonchev–Trinajstić information content (AvgIpc) is 2.25. The maximum Gasteiger partial charge on any atom is 0.251 e. The van der Waals surface area contributed by atoms with Crippen LogP contribution in [0.5, 0.6) is 0 Å². The van der Waals surface area contributed by atoms with Crippen LogP contribution in [0.4, 0.5) is 0 Å². The highest BCUT2D eigenvalue weighted by molar-refractivity contribution is 7.98. The van der Waals surface area contributed by atoms with Crippen LogP contribution < -0.4 is 11.1 Å². The molecule has 1 amide bonds. The van der Waals surface area contributed by atoms with E-state index in [0.717, 1.165) is 4.90 Å². The van der Waals surface area contributed by atoms with Crippen LogP contribution in [-0.4, -0.2) is 24.2 Å². The first kappa shape index (κ1) is 16.3. The maximum atomic E-state index is 11.7. The molecular weight excluding hydrogens is 256 g/mol. The molecule has 1 aromatic rings. The molecule has 0 bridgehead atoms. The molecule has 17 heavy (non-hydrogen) atoms. The van der Waals surface area contributed by atoms with Crippen LogP contribution in [0, 0.1) is 0 Å². The van der Waals surface area contributed by atoms with E-state index in [1.807, 2.05) is 44.4 Å². The summed E-state index contributed by atoms with van der Waals surface area (Å²) in [6.07, 6.45) is 2.01. The van der Waals surface area contributed by atoms with E-state index in [2.05, 4.69) is 5.32 Å². The van der Waals surface area contributed by atoms with E-state index >= 15 is 0 Å². The van der Waals surface area contributed by atoms with E-state index in [9.17, 15) is 4.79 Å². The number of carbonyl (C=O) groups is 1. The summed E-state index contributed by atoms with van der Waals surface area (Å²) in [6, 6.07) is 7.52. The molecule has 0 saturated carbocycles. The number of hydrogen-bond donors (Lipinski definition) is 2. The van der Waals surface area contributed by atoms with E-state index in [-0.39, 0.29) is 23.9 Å². The second-order valence-electron chi connectivity index (χ2n) is 4.40. The second kappa shape index (κ2) is 6.89. The lowest BCUT2D eigenvalue weighted by Gasteiger charge is -2.18. The lowest BCUT2D eigenvalue weighted by Crippen LogP contribution is -2.45. The van der Waals surface area contributed by atoms with Crippen molar-refractivity contribution in [1.29, 1.82) is 0 Å². The van der Waals surface area contributed by atoms with Gasteiger partial charge in [-0.1, -0.05) is 0 Å². The van der Waals surface area contributed by atoms with E-state index < -0.39 is 0 Å². The minimum Gasteiger partial charge on any atom is -0.350 e. The predicted molar refractivity (Wildman–Crippen MR) is 76.1 cm³/mol. The van der Waals surface area contributed by atoms with Crippen LogP contribution in [-0.2, 0) is 0 Å². The van der Waals surface area contributed by atoms with Gasteiger partial charge in [0, 0.05) is 22.5 Å². The van der Waals surface area contributed by atoms with Crippen LogP contribution in [0.2, 0.25) is 0 Å². The fourth-order valence-corrected chi connectivity index (χ4v) is 1.56. The zero-order chi connectivity index (χ0) is 12.2. The fourth-order valence-electron chi connectivity index (χ4n) is 1.15. The highest BCUT2D eigenvalue weighted by atomic mass is 35.5. The molecule has 0 aliphatic heterocycles. The van der Waals surface area contributed by atoms with Crippen LogP contribution in [0.25, 0.3) is 0 Å². The number of hydrogen-bond acceptors (Lipinski definition) is 3. The van der Waals surface area contributed by atoms with Crippen molar-refractivity contribution in [3.05, 3.63) is 29.8 Å². The van der Waals surface area contributed by atoms with Crippen molar-refractivity contribution >= 4 is 30.1 Å². The number of nitrogens with one attached hydrogen (secondary N) is 1. The highest BCUT2D eigenvalue weighted by Gasteiger charge is 2.13. The molecule has 0 aliphatic carbocycles. The Morgan fingerprint density at radius 1 is 1.35 bits per heavy atom. The van der Waals surface area contributed by atoms with Crippen molar-refractivity contribution in [1.82, 2.24) is 5.32 Å². The smallest absolute Gasteiger partial charge is 0.251 e. The van der Waals surface area contributed by atoms with Crippen molar-refractivity contribution in [3.8, 4) is 0 Å². The number of carbonyl (C=O) groups excluding carboxylic acids is 1. The summed E-state index contributed by atoms with van der Waals surface area (Å²) < 4.78 is 0. The van der Waals surface area contributed by atoms with E-state index in [0.29, 0.717) is 12.1 Å². The summed E-state index contributed by atoms with van der Waals surface area (Å²) in [7, 11) is 0. The van der Waals surface area contributed by atoms with Gasteiger partial charge in [0.25, 0.3) is 5.91 Å². The first-order valence-corrected chi connectivity index (χ1v) is 6.36. The number of thioether (sulfide) groups is 1. The van der Waals surface area contributed by atoms with Crippen molar-refractivity contribution in [2.75, 3.05) is 12.8 Å². The molecule has 0 radical (unpaired) electrons. The van der Waals surface area contributed by atoms with Crippen molar-refractivity contribution in [3.63, 3.8) is 0 Å². The zero-order valence-corrected chi connectivity index (χ0v) is 12.0. The molecular formula is C12H19ClN2OS. The third-order valence-electron chi connectivity index (χ3n) is 2.06. The topological polar surface area (TPSA) is 55.1 Å². The quantitative estimate of drug-likeness (QED) is 0.829. The monoisotopic (exact) mass is 274 g/mol. The van der Waals surface area contributed by atoms with Gasteiger partial charge in [-0.2, -0.15) is 0 Å². The van der Waals surface area contributed by atoms with E-state index in [1.165, 1.54) is 0 Å². The summed E-state index contributed by atoms with van der Waals surface area (Å²) in [5, 5.41) is 2.81. The second-order valence-corrected chi connectivity index (χ2v) is 5.28. The molecule has 96 valence electrons. The zero-order valence-electron chi connectivity index (χ0n) is 10.3. The standard InChI is InChI=1S/C12H18N2OS.ClH/c1-12(2,13)8-14-11(15)9-4-6-10(16-3)7-5-9;/h4-7H,8,13H2,1-3H3,(H,14,15);1H. The molecule has 0 heterocycles. The maximum absolute atomic E-state index is 11.7. The normalized spacial score (nSPS) is 10.6. The van der Waals surface area contributed by atoms with Crippen molar-refractivity contribution < 1.29 is 4.79 Å². The summed E-state index contributed by atoms with van der Waals surface area (Å²) in [4.78, 5) is 12.9. The Balaban J connectivity index is 0.00000256. The fraction of sp³-hybridized carbons (Fsp3) is 0.417. The average molecular weight is 275 g/mol. The van der Waals surface area contributed by atoms with Gasteiger partial charge in [-0.15, -0.1) is 24.2 Å². The summed E-state index contributed by atoms with van der Waals surface area (Å²) in [5.41, 5.74) is 6.08. The molecule has 3 N–H and O–H groups in total. The minimum atomic E-state index is -0.380. The van der Waals surface area contributed by atoms with Crippen LogP contribution in [0.3, 0.4) is 0 Å². The molecule has 0 unspecified atom stereocenters. The molecule has 0 fully saturated rings. The first-order valence-electron chi connectivity index (χ1n) is 5.13. The lowest BCUT2D eigenvalue weighted by atomic mass is 10.1. The Labute approximate surface area is 113 Å². The van der Waals surface area contributed by atoms with Gasteiger partial charge in [0.1, 0.15) is 0 Å². The van der Waals surface area contributed by atoms with Gasteiger partial charge in [-0.25, -0.2) is 0 Å². The van der Waals surface area contributed by atoms with E-state index in [1.54, 1.807) is 11.8 Å². The Hall–Kier alpha value is -0.710. The Bertz CT molecular complexity index is 360. The molecule has 0 atom stereocenters. The first-order chi connectivity index (χ1) is 7.42. The van der Waals surface area contributed by atoms with Gasteiger partial charge in [-0.3, -0.25) is 4.79 Å². The van der Waals surface area contributed by atoms with Crippen LogP contribution in [0.15, 0.2) is 29.2 Å². The Morgan fingerprint density at radius 2 is 1.88 bits per heavy atom. The number of halogens is 1. The third-order valence-corrected chi connectivity index (χ3v) is 2.80. The SMILES string of the molecule is CSc1ccc(C(=O)NCC(C)(C)N)cc1.Cl. The minimum absolute atomic E-state index is 0. The third kappa shape index (κ3) is 5.96. The molecule has 1 aromatic carbocycles. The van der Waals surface area contributed by atoms with Crippen LogP contribution >= 0.6 is 24.2 Å². The van der Waals surface area contributed by atoms with Gasteiger partial charge in [0.05, 0.1) is 0 Å². The van der Waals surface area contributed by atoms with Crippen LogP contribution in [0.1, 0.15) is 24.2 Å². The van der Waals surface area contributed by atoms with E-state index in [4.69, 9.17) is 5.73 Å². The molecule has 0 aliphatic rings. The molecule has 3 nitrogen and oxygen atoms in total. The summed E-state index contributed by atoms with van der Waals surface area (Å²) in [5.74, 6) is -0.0776.